The van der Waals surface area contributed by atoms with Gasteiger partial charge >= 0.3 is 0 Å². The van der Waals surface area contributed by atoms with Gasteiger partial charge in [-0.05, 0) is 61.2 Å². The normalized spacial score (nSPS) is 23.2. The molecule has 1 unspecified atom stereocenters. The summed E-state index contributed by atoms with van der Waals surface area (Å²) < 4.78 is 15.4. The van der Waals surface area contributed by atoms with Gasteiger partial charge in [0.15, 0.2) is 0 Å². The van der Waals surface area contributed by atoms with E-state index in [9.17, 15) is 4.21 Å². The van der Waals surface area contributed by atoms with Crippen molar-refractivity contribution >= 4 is 26.9 Å². The van der Waals surface area contributed by atoms with Crippen LogP contribution in [-0.4, -0.2) is 24.8 Å². The summed E-state index contributed by atoms with van der Waals surface area (Å²) in [5, 5.41) is 0. The fourth-order valence-electron chi connectivity index (χ4n) is 2.23. The van der Waals surface area contributed by atoms with Crippen LogP contribution >= 0.6 is 15.9 Å². The zero-order valence-corrected chi connectivity index (χ0v) is 13.4. The molecule has 1 aromatic rings. The first-order valence-electron chi connectivity index (χ1n) is 6.18. The molecule has 0 N–H and O–H groups in total. The summed E-state index contributed by atoms with van der Waals surface area (Å²) in [7, 11) is -0.960. The van der Waals surface area contributed by atoms with Crippen LogP contribution in [0.3, 0.4) is 0 Å². The van der Waals surface area contributed by atoms with Gasteiger partial charge in [-0.3, -0.25) is 4.98 Å². The van der Waals surface area contributed by atoms with Crippen molar-refractivity contribution in [1.29, 1.82) is 0 Å². The molecule has 2 atom stereocenters. The van der Waals surface area contributed by atoms with Crippen molar-refractivity contribution < 1.29 is 4.21 Å². The van der Waals surface area contributed by atoms with Crippen LogP contribution < -0.4 is 0 Å². The first-order valence-corrected chi connectivity index (χ1v) is 8.08. The molecule has 0 amide bonds. The molecule has 5 heteroatoms. The summed E-state index contributed by atoms with van der Waals surface area (Å²) in [6, 6.07) is 2.31. The molecule has 0 aromatic carbocycles. The van der Waals surface area contributed by atoms with Crippen molar-refractivity contribution in [1.82, 2.24) is 9.29 Å². The second-order valence-electron chi connectivity index (χ2n) is 5.60. The summed E-state index contributed by atoms with van der Waals surface area (Å²) in [4.78, 5) is 4.21. The van der Waals surface area contributed by atoms with Gasteiger partial charge in [0.25, 0.3) is 0 Å². The van der Waals surface area contributed by atoms with Gasteiger partial charge in [-0.25, -0.2) is 8.51 Å². The molecule has 1 saturated heterocycles. The third kappa shape index (κ3) is 3.00. The quantitative estimate of drug-likeness (QED) is 0.832. The van der Waals surface area contributed by atoms with Crippen molar-refractivity contribution in [2.75, 3.05) is 6.54 Å². The van der Waals surface area contributed by atoms with Crippen molar-refractivity contribution in [3.8, 4) is 0 Å². The molecule has 1 aliphatic rings. The molecule has 1 aromatic heterocycles. The van der Waals surface area contributed by atoms with Gasteiger partial charge in [0, 0.05) is 29.5 Å². The maximum absolute atomic E-state index is 12.5. The molecule has 0 spiro atoms. The number of hydrogen-bond acceptors (Lipinski definition) is 2. The minimum atomic E-state index is -0.960. The van der Waals surface area contributed by atoms with E-state index in [-0.39, 0.29) is 10.8 Å². The second-order valence-corrected chi connectivity index (χ2v) is 8.70. The highest BCUT2D eigenvalue weighted by Crippen LogP contribution is 2.36. The highest BCUT2D eigenvalue weighted by Gasteiger charge is 2.35. The fourth-order valence-corrected chi connectivity index (χ4v) is 4.07. The Labute approximate surface area is 120 Å². The van der Waals surface area contributed by atoms with E-state index in [0.717, 1.165) is 29.4 Å². The van der Waals surface area contributed by atoms with Crippen molar-refractivity contribution in [2.24, 2.45) is 0 Å². The Hall–Kier alpha value is -0.260. The average Bonchev–Trinajstić information content (AvgIpc) is 2.75. The van der Waals surface area contributed by atoms with E-state index in [1.54, 1.807) is 6.20 Å². The summed E-state index contributed by atoms with van der Waals surface area (Å²) >= 11 is 3.45. The van der Waals surface area contributed by atoms with Crippen LogP contribution in [0.2, 0.25) is 0 Å². The van der Waals surface area contributed by atoms with Crippen LogP contribution in [-0.2, 0) is 11.0 Å². The molecule has 3 nitrogen and oxygen atoms in total. The Kier molecular flexibility index (Phi) is 4.24. The predicted octanol–water partition coefficient (Wildman–Crippen LogP) is 3.44. The Morgan fingerprint density at radius 3 is 2.78 bits per heavy atom. The third-order valence-electron chi connectivity index (χ3n) is 3.05. The van der Waals surface area contributed by atoms with Gasteiger partial charge in [-0.15, -0.1) is 0 Å². The monoisotopic (exact) mass is 330 g/mol. The lowest BCUT2D eigenvalue weighted by Crippen LogP contribution is -2.37. The molecular formula is C13H19BrN2OS. The lowest BCUT2D eigenvalue weighted by Gasteiger charge is -2.30. The number of rotatable bonds is 2. The largest absolute Gasteiger partial charge is 0.263 e. The smallest absolute Gasteiger partial charge is 0.100 e. The number of nitrogens with zero attached hydrogens (tertiary/aromatic N) is 2. The first-order chi connectivity index (χ1) is 8.39. The lowest BCUT2D eigenvalue weighted by molar-refractivity contribution is 0.415. The standard InChI is InChI=1S/C13H19BrN2OS/c1-13(2,3)18(17)16-6-4-5-12(16)10-7-11(14)9-15-8-10/h7-9,12H,4-6H2,1-3H3/t12?,18-/m0/s1. The zero-order valence-electron chi connectivity index (χ0n) is 11.0. The fraction of sp³-hybridized carbons (Fsp3) is 0.615. The maximum Gasteiger partial charge on any atom is 0.100 e. The van der Waals surface area contributed by atoms with Crippen LogP contribution in [0.5, 0.6) is 0 Å². The number of aromatic nitrogens is 1. The van der Waals surface area contributed by atoms with Crippen LogP contribution in [0.1, 0.15) is 45.2 Å². The molecule has 2 heterocycles. The molecule has 100 valence electrons. The van der Waals surface area contributed by atoms with Crippen molar-refractivity contribution in [2.45, 2.75) is 44.4 Å². The summed E-state index contributed by atoms with van der Waals surface area (Å²) in [5.41, 5.74) is 1.15. The molecule has 2 rings (SSSR count). The molecular weight excluding hydrogens is 312 g/mol. The van der Waals surface area contributed by atoms with E-state index in [2.05, 4.69) is 31.3 Å². The van der Waals surface area contributed by atoms with E-state index in [1.165, 1.54) is 0 Å². The Bertz CT molecular complexity index is 459. The second kappa shape index (κ2) is 5.39. The van der Waals surface area contributed by atoms with Crippen molar-refractivity contribution in [3.05, 3.63) is 28.5 Å². The van der Waals surface area contributed by atoms with Crippen LogP contribution in [0.15, 0.2) is 22.9 Å². The van der Waals surface area contributed by atoms with E-state index >= 15 is 0 Å². The topological polar surface area (TPSA) is 33.2 Å². The predicted molar refractivity (Wildman–Crippen MR) is 78.5 cm³/mol. The molecule has 1 aliphatic heterocycles. The third-order valence-corrected chi connectivity index (χ3v) is 5.40. The van der Waals surface area contributed by atoms with E-state index in [4.69, 9.17) is 0 Å². The van der Waals surface area contributed by atoms with Gasteiger partial charge in [-0.2, -0.15) is 0 Å². The SMILES string of the molecule is CC(C)(C)[S@](=O)N1CCCC1c1cncc(Br)c1. The number of halogens is 1. The Morgan fingerprint density at radius 2 is 2.17 bits per heavy atom. The van der Waals surface area contributed by atoms with E-state index in [1.807, 2.05) is 27.0 Å². The van der Waals surface area contributed by atoms with E-state index < -0.39 is 11.0 Å². The van der Waals surface area contributed by atoms with Gasteiger partial charge < -0.3 is 0 Å². The average molecular weight is 331 g/mol. The number of pyridine rings is 1. The molecule has 0 bridgehead atoms. The van der Waals surface area contributed by atoms with Crippen LogP contribution in [0, 0.1) is 0 Å². The van der Waals surface area contributed by atoms with Gasteiger partial charge in [-0.1, -0.05) is 0 Å². The minimum Gasteiger partial charge on any atom is -0.263 e. The van der Waals surface area contributed by atoms with E-state index in [0.29, 0.717) is 0 Å². The Morgan fingerprint density at radius 1 is 1.44 bits per heavy atom. The molecule has 0 saturated carbocycles. The van der Waals surface area contributed by atoms with Gasteiger partial charge in [0.2, 0.25) is 0 Å². The maximum atomic E-state index is 12.5. The summed E-state index contributed by atoms with van der Waals surface area (Å²) in [5.74, 6) is 0. The Balaban J connectivity index is 2.25. The van der Waals surface area contributed by atoms with Gasteiger partial charge in [0.05, 0.1) is 4.75 Å². The molecule has 18 heavy (non-hydrogen) atoms. The van der Waals surface area contributed by atoms with Crippen LogP contribution in [0.4, 0.5) is 0 Å². The summed E-state index contributed by atoms with van der Waals surface area (Å²) in [6.07, 6.45) is 5.82. The summed E-state index contributed by atoms with van der Waals surface area (Å²) in [6.45, 7) is 6.98. The molecule has 0 aliphatic carbocycles. The van der Waals surface area contributed by atoms with Crippen LogP contribution in [0.25, 0.3) is 0 Å². The zero-order chi connectivity index (χ0) is 13.3. The van der Waals surface area contributed by atoms with Gasteiger partial charge in [0.1, 0.15) is 11.0 Å². The minimum absolute atomic E-state index is 0.206. The number of hydrogen-bond donors (Lipinski definition) is 0. The highest BCUT2D eigenvalue weighted by atomic mass is 79.9. The van der Waals surface area contributed by atoms with Crippen molar-refractivity contribution in [3.63, 3.8) is 0 Å². The molecule has 1 fully saturated rings. The highest BCUT2D eigenvalue weighted by molar-refractivity contribution is 9.10. The first kappa shape index (κ1) is 14.2. The lowest BCUT2D eigenvalue weighted by atomic mass is 10.1. The molecule has 0 radical (unpaired) electrons.